The molecular formula is C17H21N3OS. The number of amides is 1. The molecule has 5 heteroatoms. The van der Waals surface area contributed by atoms with Crippen molar-refractivity contribution in [3.63, 3.8) is 0 Å². The third-order valence-corrected chi connectivity index (χ3v) is 4.18. The third kappa shape index (κ3) is 4.08. The number of thioether (sulfide) groups is 1. The van der Waals surface area contributed by atoms with E-state index in [-0.39, 0.29) is 11.9 Å². The highest BCUT2D eigenvalue weighted by Gasteiger charge is 2.17. The first-order chi connectivity index (χ1) is 10.6. The number of pyridine rings is 1. The molecule has 0 spiro atoms. The van der Waals surface area contributed by atoms with E-state index in [1.807, 2.05) is 38.6 Å². The van der Waals surface area contributed by atoms with E-state index in [0.29, 0.717) is 12.1 Å². The van der Waals surface area contributed by atoms with Gasteiger partial charge in [-0.05, 0) is 38.0 Å². The molecule has 0 bridgehead atoms. The summed E-state index contributed by atoms with van der Waals surface area (Å²) in [5, 5.41) is 3.77. The van der Waals surface area contributed by atoms with Crippen molar-refractivity contribution in [2.45, 2.75) is 11.1 Å². The van der Waals surface area contributed by atoms with Crippen molar-refractivity contribution in [3.8, 4) is 0 Å². The Morgan fingerprint density at radius 2 is 1.95 bits per heavy atom. The molecule has 1 aromatic heterocycles. The summed E-state index contributed by atoms with van der Waals surface area (Å²) >= 11 is 1.48. The Kier molecular flexibility index (Phi) is 5.98. The first-order valence-electron chi connectivity index (χ1n) is 7.12. The monoisotopic (exact) mass is 315 g/mol. The van der Waals surface area contributed by atoms with E-state index in [1.54, 1.807) is 18.3 Å². The molecular weight excluding hydrogens is 294 g/mol. The van der Waals surface area contributed by atoms with Crippen LogP contribution in [0.5, 0.6) is 0 Å². The van der Waals surface area contributed by atoms with Crippen LogP contribution in [0, 0.1) is 0 Å². The highest BCUT2D eigenvalue weighted by molar-refractivity contribution is 7.98. The molecule has 0 unspecified atom stereocenters. The van der Waals surface area contributed by atoms with Crippen molar-refractivity contribution in [2.75, 3.05) is 26.9 Å². The fourth-order valence-corrected chi connectivity index (χ4v) is 2.83. The molecule has 0 saturated carbocycles. The van der Waals surface area contributed by atoms with E-state index in [1.165, 1.54) is 17.3 Å². The lowest BCUT2D eigenvalue weighted by Gasteiger charge is -2.25. The third-order valence-electron chi connectivity index (χ3n) is 3.47. The fourth-order valence-electron chi connectivity index (χ4n) is 2.28. The molecule has 2 aromatic rings. The summed E-state index contributed by atoms with van der Waals surface area (Å²) in [6.45, 7) is 0.554. The quantitative estimate of drug-likeness (QED) is 0.833. The van der Waals surface area contributed by atoms with Crippen LogP contribution in [0.3, 0.4) is 0 Å². The zero-order valence-electron chi connectivity index (χ0n) is 13.1. The van der Waals surface area contributed by atoms with E-state index in [2.05, 4.69) is 27.3 Å². The Labute approximate surface area is 135 Å². The van der Waals surface area contributed by atoms with Gasteiger partial charge in [0.05, 0.1) is 11.6 Å². The van der Waals surface area contributed by atoms with Crippen LogP contribution in [-0.2, 0) is 0 Å². The van der Waals surface area contributed by atoms with Gasteiger partial charge >= 0.3 is 0 Å². The lowest BCUT2D eigenvalue weighted by atomic mass is 10.1. The van der Waals surface area contributed by atoms with Gasteiger partial charge < -0.3 is 10.2 Å². The molecule has 4 nitrogen and oxygen atoms in total. The van der Waals surface area contributed by atoms with E-state index in [4.69, 9.17) is 0 Å². The van der Waals surface area contributed by atoms with Crippen LogP contribution in [-0.4, -0.2) is 42.7 Å². The second-order valence-corrected chi connectivity index (χ2v) is 5.96. The van der Waals surface area contributed by atoms with Crippen molar-refractivity contribution >= 4 is 17.7 Å². The summed E-state index contributed by atoms with van der Waals surface area (Å²) in [4.78, 5) is 18.7. The average molecular weight is 315 g/mol. The number of aromatic nitrogens is 1. The van der Waals surface area contributed by atoms with Gasteiger partial charge in [-0.15, -0.1) is 11.8 Å². The van der Waals surface area contributed by atoms with Gasteiger partial charge in [-0.2, -0.15) is 0 Å². The van der Waals surface area contributed by atoms with Crippen molar-refractivity contribution < 1.29 is 4.79 Å². The molecule has 1 amide bonds. The van der Waals surface area contributed by atoms with Crippen LogP contribution in [0.2, 0.25) is 0 Å². The van der Waals surface area contributed by atoms with Crippen LogP contribution in [0.1, 0.15) is 22.0 Å². The highest BCUT2D eigenvalue weighted by Crippen LogP contribution is 2.19. The van der Waals surface area contributed by atoms with Gasteiger partial charge in [0, 0.05) is 12.7 Å². The van der Waals surface area contributed by atoms with Gasteiger partial charge in [0.1, 0.15) is 5.03 Å². The molecule has 0 aliphatic carbocycles. The molecule has 2 rings (SSSR count). The maximum atomic E-state index is 12.4. The number of hydrogen-bond donors (Lipinski definition) is 1. The number of hydrogen-bond acceptors (Lipinski definition) is 4. The molecule has 1 heterocycles. The Morgan fingerprint density at radius 3 is 2.59 bits per heavy atom. The number of likely N-dealkylation sites (N-methyl/N-ethyl adjacent to an activating group) is 1. The minimum atomic E-state index is -0.0831. The van der Waals surface area contributed by atoms with Gasteiger partial charge in [0.25, 0.3) is 5.91 Å². The zero-order chi connectivity index (χ0) is 15.9. The minimum Gasteiger partial charge on any atom is -0.350 e. The molecule has 1 N–H and O–H groups in total. The summed E-state index contributed by atoms with van der Waals surface area (Å²) < 4.78 is 0. The molecule has 0 saturated heterocycles. The Hall–Kier alpha value is -1.85. The molecule has 0 aliphatic rings. The molecule has 1 atom stereocenters. The van der Waals surface area contributed by atoms with Crippen LogP contribution < -0.4 is 5.32 Å². The van der Waals surface area contributed by atoms with E-state index in [9.17, 15) is 4.79 Å². The molecule has 116 valence electrons. The zero-order valence-corrected chi connectivity index (χ0v) is 13.9. The van der Waals surface area contributed by atoms with Crippen LogP contribution in [0.25, 0.3) is 0 Å². The molecule has 0 radical (unpaired) electrons. The maximum absolute atomic E-state index is 12.4. The van der Waals surface area contributed by atoms with Gasteiger partial charge in [0.15, 0.2) is 0 Å². The van der Waals surface area contributed by atoms with E-state index < -0.39 is 0 Å². The summed E-state index contributed by atoms with van der Waals surface area (Å²) in [5.74, 6) is -0.0831. The second-order valence-electron chi connectivity index (χ2n) is 5.16. The summed E-state index contributed by atoms with van der Waals surface area (Å²) in [6, 6.07) is 13.9. The van der Waals surface area contributed by atoms with Gasteiger partial charge in [-0.25, -0.2) is 4.98 Å². The Morgan fingerprint density at radius 1 is 1.23 bits per heavy atom. The maximum Gasteiger partial charge on any atom is 0.254 e. The normalized spacial score (nSPS) is 12.2. The first kappa shape index (κ1) is 16.5. The number of rotatable bonds is 6. The summed E-state index contributed by atoms with van der Waals surface area (Å²) in [5.41, 5.74) is 1.81. The van der Waals surface area contributed by atoms with Crippen LogP contribution in [0.15, 0.2) is 53.7 Å². The molecule has 22 heavy (non-hydrogen) atoms. The van der Waals surface area contributed by atoms with E-state index in [0.717, 1.165) is 5.03 Å². The second kappa shape index (κ2) is 7.96. The lowest BCUT2D eigenvalue weighted by molar-refractivity contribution is 0.0938. The fraction of sp³-hybridized carbons (Fsp3) is 0.294. The van der Waals surface area contributed by atoms with Crippen molar-refractivity contribution in [1.29, 1.82) is 0 Å². The van der Waals surface area contributed by atoms with Gasteiger partial charge in [0.2, 0.25) is 0 Å². The molecule has 0 aliphatic heterocycles. The number of carbonyl (C=O) groups excluding carboxylic acids is 1. The van der Waals surface area contributed by atoms with Crippen LogP contribution in [0.4, 0.5) is 0 Å². The molecule has 0 fully saturated rings. The van der Waals surface area contributed by atoms with Gasteiger partial charge in [-0.3, -0.25) is 4.79 Å². The lowest BCUT2D eigenvalue weighted by Crippen LogP contribution is -2.34. The first-order valence-corrected chi connectivity index (χ1v) is 8.34. The Balaban J connectivity index is 2.08. The van der Waals surface area contributed by atoms with Crippen molar-refractivity contribution in [1.82, 2.24) is 15.2 Å². The topological polar surface area (TPSA) is 45.2 Å². The highest BCUT2D eigenvalue weighted by atomic mass is 32.2. The van der Waals surface area contributed by atoms with Crippen molar-refractivity contribution in [3.05, 3.63) is 59.8 Å². The number of carbonyl (C=O) groups is 1. The minimum absolute atomic E-state index is 0.0831. The van der Waals surface area contributed by atoms with Gasteiger partial charge in [-0.1, -0.05) is 30.3 Å². The smallest absolute Gasteiger partial charge is 0.254 e. The average Bonchev–Trinajstić information content (AvgIpc) is 2.55. The predicted molar refractivity (Wildman–Crippen MR) is 91.2 cm³/mol. The SMILES string of the molecule is CSc1ncccc1C(=O)NC[C@H](c1ccccc1)N(C)C. The van der Waals surface area contributed by atoms with Crippen LogP contribution >= 0.6 is 11.8 Å². The van der Waals surface area contributed by atoms with E-state index >= 15 is 0 Å². The number of nitrogens with zero attached hydrogens (tertiary/aromatic N) is 2. The number of nitrogens with one attached hydrogen (secondary N) is 1. The largest absolute Gasteiger partial charge is 0.350 e. The summed E-state index contributed by atoms with van der Waals surface area (Å²) in [7, 11) is 4.03. The number of benzene rings is 1. The molecule has 1 aromatic carbocycles. The summed E-state index contributed by atoms with van der Waals surface area (Å²) in [6.07, 6.45) is 3.63. The standard InChI is InChI=1S/C17H21N3OS/c1-20(2)15(13-8-5-4-6-9-13)12-19-16(21)14-10-7-11-18-17(14)22-3/h4-11,15H,12H2,1-3H3,(H,19,21)/t15-/m1/s1. The predicted octanol–water partition coefficient (Wildman–Crippen LogP) is 2.84. The Bertz CT molecular complexity index is 616. The van der Waals surface area contributed by atoms with Crippen molar-refractivity contribution in [2.24, 2.45) is 0 Å².